The lowest BCUT2D eigenvalue weighted by molar-refractivity contribution is -0.137. The van der Waals surface area contributed by atoms with Crippen molar-refractivity contribution in [3.8, 4) is 5.75 Å². The molecule has 0 aliphatic heterocycles. The molecule has 30 heavy (non-hydrogen) atoms. The van der Waals surface area contributed by atoms with Crippen LogP contribution < -0.4 is 4.74 Å². The molecular weight excluding hydrogens is 407 g/mol. The van der Waals surface area contributed by atoms with E-state index in [4.69, 9.17) is 9.47 Å². The van der Waals surface area contributed by atoms with Crippen LogP contribution in [0.25, 0.3) is 0 Å². The predicted molar refractivity (Wildman–Crippen MR) is 97.7 cm³/mol. The molecule has 3 rings (SSSR count). The fourth-order valence-electron chi connectivity index (χ4n) is 2.51. The van der Waals surface area contributed by atoms with Crippen molar-refractivity contribution in [1.82, 2.24) is 0 Å². The highest BCUT2D eigenvalue weighted by Crippen LogP contribution is 2.29. The molecule has 0 heterocycles. The molecule has 0 unspecified atom stereocenters. The summed E-state index contributed by atoms with van der Waals surface area (Å²) in [5, 5.41) is 0. The van der Waals surface area contributed by atoms with Gasteiger partial charge in [-0.15, -0.1) is 0 Å². The molecule has 0 N–H and O–H groups in total. The van der Waals surface area contributed by atoms with E-state index < -0.39 is 29.3 Å². The zero-order chi connectivity index (χ0) is 21.7. The average molecular weight is 422 g/mol. The zero-order valence-corrected chi connectivity index (χ0v) is 15.4. The van der Waals surface area contributed by atoms with Gasteiger partial charge in [0.15, 0.2) is 11.6 Å². The Morgan fingerprint density at radius 2 is 1.40 bits per heavy atom. The first-order valence-electron chi connectivity index (χ1n) is 8.72. The SMILES string of the molecule is O=C(OCc1ccc(C(F)(F)F)cc1)c1ccc(OCc2ccc(F)cc2)c(F)c1. The third-order valence-corrected chi connectivity index (χ3v) is 4.13. The van der Waals surface area contributed by atoms with Crippen LogP contribution in [0.4, 0.5) is 22.0 Å². The Hall–Kier alpha value is -3.42. The minimum absolute atomic E-state index is 0.00884. The van der Waals surface area contributed by atoms with Crippen molar-refractivity contribution < 1.29 is 36.2 Å². The Morgan fingerprint density at radius 1 is 0.800 bits per heavy atom. The Bertz CT molecular complexity index is 1010. The third-order valence-electron chi connectivity index (χ3n) is 4.13. The molecule has 0 saturated heterocycles. The Balaban J connectivity index is 1.57. The van der Waals surface area contributed by atoms with Gasteiger partial charge in [0.05, 0.1) is 11.1 Å². The predicted octanol–water partition coefficient (Wildman–Crippen LogP) is 5.92. The van der Waals surface area contributed by atoms with E-state index in [1.807, 2.05) is 0 Å². The molecule has 0 aromatic heterocycles. The molecular formula is C22H15F5O3. The van der Waals surface area contributed by atoms with Crippen molar-refractivity contribution in [1.29, 1.82) is 0 Å². The lowest BCUT2D eigenvalue weighted by Gasteiger charge is -2.10. The molecule has 156 valence electrons. The summed E-state index contributed by atoms with van der Waals surface area (Å²) in [6.45, 7) is -0.254. The second-order valence-electron chi connectivity index (χ2n) is 6.33. The lowest BCUT2D eigenvalue weighted by atomic mass is 10.1. The highest BCUT2D eigenvalue weighted by molar-refractivity contribution is 5.89. The molecule has 0 fully saturated rings. The standard InChI is InChI=1S/C22H15F5O3/c23-18-8-3-15(4-9-18)12-29-20-10-5-16(11-19(20)24)21(28)30-13-14-1-6-17(7-2-14)22(25,26)27/h1-11H,12-13H2. The van der Waals surface area contributed by atoms with Crippen LogP contribution in [0, 0.1) is 11.6 Å². The number of rotatable bonds is 6. The van der Waals surface area contributed by atoms with Crippen LogP contribution in [0.1, 0.15) is 27.0 Å². The summed E-state index contributed by atoms with van der Waals surface area (Å²) >= 11 is 0. The summed E-state index contributed by atoms with van der Waals surface area (Å²) in [6.07, 6.45) is -4.45. The van der Waals surface area contributed by atoms with Gasteiger partial charge in [0.1, 0.15) is 19.0 Å². The summed E-state index contributed by atoms with van der Waals surface area (Å²) in [7, 11) is 0. The van der Waals surface area contributed by atoms with E-state index in [2.05, 4.69) is 0 Å². The van der Waals surface area contributed by atoms with Crippen LogP contribution >= 0.6 is 0 Å². The van der Waals surface area contributed by atoms with E-state index in [9.17, 15) is 26.7 Å². The van der Waals surface area contributed by atoms with Gasteiger partial charge in [0, 0.05) is 0 Å². The van der Waals surface area contributed by atoms with Crippen LogP contribution in [0.3, 0.4) is 0 Å². The summed E-state index contributed by atoms with van der Waals surface area (Å²) < 4.78 is 75.1. The van der Waals surface area contributed by atoms with Crippen molar-refractivity contribution in [2.75, 3.05) is 0 Å². The van der Waals surface area contributed by atoms with Crippen LogP contribution in [-0.2, 0) is 24.1 Å². The maximum Gasteiger partial charge on any atom is 0.416 e. The maximum absolute atomic E-state index is 14.2. The minimum Gasteiger partial charge on any atom is -0.486 e. The molecule has 0 bridgehead atoms. The van der Waals surface area contributed by atoms with Gasteiger partial charge in [0.25, 0.3) is 0 Å². The fraction of sp³-hybridized carbons (Fsp3) is 0.136. The van der Waals surface area contributed by atoms with E-state index >= 15 is 0 Å². The van der Waals surface area contributed by atoms with Crippen LogP contribution in [0.5, 0.6) is 5.75 Å². The number of hydrogen-bond donors (Lipinski definition) is 0. The summed E-state index contributed by atoms with van der Waals surface area (Å²) in [5.41, 5.74) is 0.108. The topological polar surface area (TPSA) is 35.5 Å². The average Bonchev–Trinajstić information content (AvgIpc) is 2.72. The summed E-state index contributed by atoms with van der Waals surface area (Å²) in [6, 6.07) is 13.2. The number of ether oxygens (including phenoxy) is 2. The molecule has 3 aromatic rings. The first-order valence-corrected chi connectivity index (χ1v) is 8.72. The molecule has 3 nitrogen and oxygen atoms in total. The maximum atomic E-state index is 14.2. The van der Waals surface area contributed by atoms with Gasteiger partial charge in [0.2, 0.25) is 0 Å². The number of carbonyl (C=O) groups is 1. The normalized spacial score (nSPS) is 11.2. The van der Waals surface area contributed by atoms with Gasteiger partial charge in [-0.25, -0.2) is 13.6 Å². The molecule has 8 heteroatoms. The number of carbonyl (C=O) groups excluding carboxylic acids is 1. The van der Waals surface area contributed by atoms with Gasteiger partial charge < -0.3 is 9.47 Å². The second kappa shape index (κ2) is 8.94. The fourth-order valence-corrected chi connectivity index (χ4v) is 2.51. The Kier molecular flexibility index (Phi) is 6.34. The van der Waals surface area contributed by atoms with Crippen molar-refractivity contribution in [3.63, 3.8) is 0 Å². The van der Waals surface area contributed by atoms with Gasteiger partial charge in [-0.1, -0.05) is 24.3 Å². The minimum atomic E-state index is -4.45. The largest absolute Gasteiger partial charge is 0.486 e. The van der Waals surface area contributed by atoms with Gasteiger partial charge in [-0.3, -0.25) is 0 Å². The molecule has 0 radical (unpaired) electrons. The molecule has 0 atom stereocenters. The smallest absolute Gasteiger partial charge is 0.416 e. The van der Waals surface area contributed by atoms with E-state index in [0.717, 1.165) is 18.2 Å². The quantitative estimate of drug-likeness (QED) is 0.366. The molecule has 0 spiro atoms. The van der Waals surface area contributed by atoms with E-state index in [-0.39, 0.29) is 24.5 Å². The summed E-state index contributed by atoms with van der Waals surface area (Å²) in [4.78, 5) is 12.1. The Morgan fingerprint density at radius 3 is 2.00 bits per heavy atom. The number of alkyl halides is 3. The molecule has 0 amide bonds. The van der Waals surface area contributed by atoms with Crippen LogP contribution in [0.15, 0.2) is 66.7 Å². The van der Waals surface area contributed by atoms with Crippen LogP contribution in [0.2, 0.25) is 0 Å². The van der Waals surface area contributed by atoms with E-state index in [1.54, 1.807) is 0 Å². The highest BCUT2D eigenvalue weighted by Gasteiger charge is 2.29. The van der Waals surface area contributed by atoms with Gasteiger partial charge in [-0.2, -0.15) is 13.2 Å². The molecule has 0 aliphatic rings. The lowest BCUT2D eigenvalue weighted by Crippen LogP contribution is -2.07. The van der Waals surface area contributed by atoms with Crippen LogP contribution in [-0.4, -0.2) is 5.97 Å². The van der Waals surface area contributed by atoms with Crippen molar-refractivity contribution >= 4 is 5.97 Å². The number of hydrogen-bond acceptors (Lipinski definition) is 3. The first-order chi connectivity index (χ1) is 14.2. The van der Waals surface area contributed by atoms with Crippen molar-refractivity contribution in [3.05, 3.63) is 101 Å². The molecule has 0 saturated carbocycles. The number of halogens is 5. The molecule has 3 aromatic carbocycles. The monoisotopic (exact) mass is 422 g/mol. The van der Waals surface area contributed by atoms with Gasteiger partial charge >= 0.3 is 12.1 Å². The number of benzene rings is 3. The van der Waals surface area contributed by atoms with E-state index in [1.165, 1.54) is 48.5 Å². The Labute approximate surface area is 168 Å². The van der Waals surface area contributed by atoms with Crippen molar-refractivity contribution in [2.45, 2.75) is 19.4 Å². The molecule has 0 aliphatic carbocycles. The van der Waals surface area contributed by atoms with E-state index in [0.29, 0.717) is 11.1 Å². The second-order valence-corrected chi connectivity index (χ2v) is 6.33. The van der Waals surface area contributed by atoms with Gasteiger partial charge in [-0.05, 0) is 53.6 Å². The zero-order valence-electron chi connectivity index (χ0n) is 15.4. The summed E-state index contributed by atoms with van der Waals surface area (Å²) in [5.74, 6) is -2.12. The number of esters is 1. The highest BCUT2D eigenvalue weighted by atomic mass is 19.4. The third kappa shape index (κ3) is 5.56. The van der Waals surface area contributed by atoms with Crippen molar-refractivity contribution in [2.24, 2.45) is 0 Å². The first kappa shape index (κ1) is 21.3.